The van der Waals surface area contributed by atoms with Crippen LogP contribution in [0.25, 0.3) is 0 Å². The molecule has 2 aromatic carbocycles. The molecule has 0 spiro atoms. The number of thioether (sulfide) groups is 1. The zero-order valence-electron chi connectivity index (χ0n) is 11.5. The van der Waals surface area contributed by atoms with Crippen molar-refractivity contribution in [2.75, 3.05) is 5.75 Å². The third-order valence-electron chi connectivity index (χ3n) is 3.04. The van der Waals surface area contributed by atoms with E-state index in [1.165, 1.54) is 10.5 Å². The molecule has 2 aromatic rings. The van der Waals surface area contributed by atoms with E-state index in [4.69, 9.17) is 4.99 Å². The predicted molar refractivity (Wildman–Crippen MR) is 85.4 cm³/mol. The van der Waals surface area contributed by atoms with Crippen molar-refractivity contribution >= 4 is 18.0 Å². The van der Waals surface area contributed by atoms with Crippen molar-refractivity contribution in [2.45, 2.75) is 24.8 Å². The second-order valence-corrected chi connectivity index (χ2v) is 6.03. The molecule has 0 aliphatic heterocycles. The van der Waals surface area contributed by atoms with Crippen molar-refractivity contribution in [1.82, 2.24) is 0 Å². The largest absolute Gasteiger partial charge is 0.288 e. The topological polar surface area (TPSA) is 12.4 Å². The highest BCUT2D eigenvalue weighted by Crippen LogP contribution is 2.22. The second kappa shape index (κ2) is 7.25. The van der Waals surface area contributed by atoms with E-state index in [0.717, 1.165) is 5.75 Å². The van der Waals surface area contributed by atoms with Gasteiger partial charge < -0.3 is 0 Å². The first-order valence-corrected chi connectivity index (χ1v) is 7.67. The molecule has 0 saturated heterocycles. The summed E-state index contributed by atoms with van der Waals surface area (Å²) >= 11 is 1.88. The summed E-state index contributed by atoms with van der Waals surface area (Å²) in [5, 5.41) is 0. The molecule has 100 valence electrons. The highest BCUT2D eigenvalue weighted by molar-refractivity contribution is 7.99. The van der Waals surface area contributed by atoms with Crippen LogP contribution >= 0.6 is 11.8 Å². The Labute approximate surface area is 120 Å². The Balaban J connectivity index is 1.94. The maximum absolute atomic E-state index is 4.75. The Kier molecular flexibility index (Phi) is 5.34. The fourth-order valence-electron chi connectivity index (χ4n) is 1.76. The van der Waals surface area contributed by atoms with E-state index in [2.05, 4.69) is 50.2 Å². The summed E-state index contributed by atoms with van der Waals surface area (Å²) in [6, 6.07) is 19.1. The molecule has 0 amide bonds. The fourth-order valence-corrected chi connectivity index (χ4v) is 2.95. The van der Waals surface area contributed by atoms with Gasteiger partial charge in [0.25, 0.3) is 0 Å². The molecule has 0 aliphatic rings. The van der Waals surface area contributed by atoms with Gasteiger partial charge in [0.05, 0.1) is 6.04 Å². The molecular formula is C17H20NS-. The van der Waals surface area contributed by atoms with Crippen LogP contribution in [0.2, 0.25) is 0 Å². The van der Waals surface area contributed by atoms with Gasteiger partial charge in [-0.15, -0.1) is 4.90 Å². The number of benzene rings is 1. The second-order valence-electron chi connectivity index (χ2n) is 4.93. The maximum Gasteiger partial charge on any atom is 0.0615 e. The SMILES string of the molecule is CC(C)[C@@H](CSc1ccc[cH-]1)N=Cc1ccccc1. The molecule has 0 unspecified atom stereocenters. The van der Waals surface area contributed by atoms with E-state index in [1.54, 1.807) is 0 Å². The molecule has 0 fully saturated rings. The molecular weight excluding hydrogens is 250 g/mol. The van der Waals surface area contributed by atoms with Crippen LogP contribution in [-0.2, 0) is 0 Å². The van der Waals surface area contributed by atoms with Crippen LogP contribution in [0.1, 0.15) is 19.4 Å². The number of nitrogens with zero attached hydrogens (tertiary/aromatic N) is 1. The van der Waals surface area contributed by atoms with E-state index >= 15 is 0 Å². The molecule has 1 nitrogen and oxygen atoms in total. The molecule has 2 rings (SSSR count). The van der Waals surface area contributed by atoms with E-state index in [-0.39, 0.29) is 0 Å². The molecule has 1 atom stereocenters. The Morgan fingerprint density at radius 3 is 2.58 bits per heavy atom. The van der Waals surface area contributed by atoms with Crippen molar-refractivity contribution < 1.29 is 0 Å². The van der Waals surface area contributed by atoms with Gasteiger partial charge in [0.2, 0.25) is 0 Å². The third-order valence-corrected chi connectivity index (χ3v) is 4.15. The molecule has 2 heteroatoms. The molecule has 0 heterocycles. The molecule has 0 saturated carbocycles. The van der Waals surface area contributed by atoms with Gasteiger partial charge in [-0.05, 0) is 11.5 Å². The van der Waals surface area contributed by atoms with E-state index in [1.807, 2.05) is 36.2 Å². The standard InChI is InChI=1S/C17H20NS/c1-14(2)17(13-19-16-10-6-7-11-16)18-12-15-8-4-3-5-9-15/h3-12,14,17H,13H2,1-2H3/q-1/t17-/m1/s1. The summed E-state index contributed by atoms with van der Waals surface area (Å²) < 4.78 is 0. The number of aliphatic imine (C=N–C) groups is 1. The van der Waals surface area contributed by atoms with Crippen molar-refractivity contribution in [3.63, 3.8) is 0 Å². The first-order chi connectivity index (χ1) is 9.25. The minimum atomic E-state index is 0.361. The predicted octanol–water partition coefficient (Wildman–Crippen LogP) is 4.64. The lowest BCUT2D eigenvalue weighted by molar-refractivity contribution is 0.539. The molecule has 0 aliphatic carbocycles. The van der Waals surface area contributed by atoms with Gasteiger partial charge in [-0.1, -0.05) is 44.2 Å². The Morgan fingerprint density at radius 2 is 1.95 bits per heavy atom. The monoisotopic (exact) mass is 270 g/mol. The van der Waals surface area contributed by atoms with Crippen LogP contribution in [0.5, 0.6) is 0 Å². The highest BCUT2D eigenvalue weighted by Gasteiger charge is 2.10. The highest BCUT2D eigenvalue weighted by atomic mass is 32.2. The summed E-state index contributed by atoms with van der Waals surface area (Å²) in [6.45, 7) is 4.47. The van der Waals surface area contributed by atoms with Crippen LogP contribution < -0.4 is 0 Å². The smallest absolute Gasteiger partial charge is 0.0615 e. The average molecular weight is 270 g/mol. The summed E-state index contributed by atoms with van der Waals surface area (Å²) in [4.78, 5) is 6.08. The Morgan fingerprint density at radius 1 is 1.16 bits per heavy atom. The molecule has 0 radical (unpaired) electrons. The quantitative estimate of drug-likeness (QED) is 0.423. The first-order valence-electron chi connectivity index (χ1n) is 6.68. The van der Waals surface area contributed by atoms with Crippen molar-refractivity contribution in [3.05, 3.63) is 60.2 Å². The van der Waals surface area contributed by atoms with Gasteiger partial charge >= 0.3 is 0 Å². The zero-order valence-corrected chi connectivity index (χ0v) is 12.3. The van der Waals surface area contributed by atoms with Crippen molar-refractivity contribution in [2.24, 2.45) is 10.9 Å². The Bertz CT molecular complexity index is 485. The van der Waals surface area contributed by atoms with Gasteiger partial charge in [0.15, 0.2) is 0 Å². The molecule has 0 N–H and O–H groups in total. The van der Waals surface area contributed by atoms with Crippen LogP contribution in [0.4, 0.5) is 0 Å². The van der Waals surface area contributed by atoms with Crippen LogP contribution in [0.15, 0.2) is 64.5 Å². The van der Waals surface area contributed by atoms with Gasteiger partial charge in [0, 0.05) is 12.0 Å². The lowest BCUT2D eigenvalue weighted by atomic mass is 10.1. The van der Waals surface area contributed by atoms with E-state index < -0.39 is 0 Å². The van der Waals surface area contributed by atoms with Crippen molar-refractivity contribution in [3.8, 4) is 0 Å². The van der Waals surface area contributed by atoms with Gasteiger partial charge in [0.1, 0.15) is 0 Å². The van der Waals surface area contributed by atoms with Crippen LogP contribution in [-0.4, -0.2) is 18.0 Å². The van der Waals surface area contributed by atoms with Gasteiger partial charge in [-0.2, -0.15) is 23.9 Å². The normalized spacial score (nSPS) is 13.2. The van der Waals surface area contributed by atoms with E-state index in [0.29, 0.717) is 12.0 Å². The minimum absolute atomic E-state index is 0.361. The number of hydrogen-bond acceptors (Lipinski definition) is 2. The summed E-state index contributed by atoms with van der Waals surface area (Å²) in [7, 11) is 0. The number of hydrogen-bond donors (Lipinski definition) is 0. The Hall–Kier alpha value is -1.41. The third kappa shape index (κ3) is 4.64. The number of rotatable bonds is 6. The van der Waals surface area contributed by atoms with Crippen LogP contribution in [0.3, 0.4) is 0 Å². The average Bonchev–Trinajstić information content (AvgIpc) is 2.92. The molecule has 0 aromatic heterocycles. The molecule has 19 heavy (non-hydrogen) atoms. The lowest BCUT2D eigenvalue weighted by Gasteiger charge is -2.16. The first kappa shape index (κ1) is 14.0. The van der Waals surface area contributed by atoms with E-state index in [9.17, 15) is 0 Å². The van der Waals surface area contributed by atoms with Crippen LogP contribution in [0, 0.1) is 5.92 Å². The summed E-state index contributed by atoms with van der Waals surface area (Å²) in [5.74, 6) is 1.59. The fraction of sp³-hybridized carbons (Fsp3) is 0.294. The summed E-state index contributed by atoms with van der Waals surface area (Å²) in [5.41, 5.74) is 1.17. The zero-order chi connectivity index (χ0) is 13.5. The molecule has 0 bridgehead atoms. The van der Waals surface area contributed by atoms with Crippen molar-refractivity contribution in [1.29, 1.82) is 0 Å². The van der Waals surface area contributed by atoms with Gasteiger partial charge in [-0.3, -0.25) is 4.99 Å². The minimum Gasteiger partial charge on any atom is -0.288 e. The van der Waals surface area contributed by atoms with Gasteiger partial charge in [-0.25, -0.2) is 12.1 Å². The maximum atomic E-state index is 4.75. The summed E-state index contributed by atoms with van der Waals surface area (Å²) in [6.07, 6.45) is 2.00. The lowest BCUT2D eigenvalue weighted by Crippen LogP contribution is -2.16.